The minimum Gasteiger partial charge on any atom is -0.207 e. The number of rotatable bonds is 6. The maximum absolute atomic E-state index is 12.9. The second-order valence-corrected chi connectivity index (χ2v) is 8.51. The Labute approximate surface area is 142 Å². The van der Waals surface area contributed by atoms with Crippen LogP contribution in [-0.2, 0) is 15.9 Å². The van der Waals surface area contributed by atoms with E-state index in [0.29, 0.717) is 17.1 Å². The van der Waals surface area contributed by atoms with Gasteiger partial charge in [0, 0.05) is 23.5 Å². The van der Waals surface area contributed by atoms with E-state index in [1.54, 1.807) is 0 Å². The van der Waals surface area contributed by atoms with Gasteiger partial charge in [-0.25, -0.2) is 8.42 Å². The first-order valence-corrected chi connectivity index (χ1v) is 9.40. The van der Waals surface area contributed by atoms with Crippen molar-refractivity contribution < 1.29 is 8.42 Å². The summed E-state index contributed by atoms with van der Waals surface area (Å²) in [5, 5.41) is 0.483. The molecule has 0 spiro atoms. The molecule has 21 heavy (non-hydrogen) atoms. The zero-order valence-electron chi connectivity index (χ0n) is 12.5. The number of sulfonamides is 1. The molecule has 0 saturated carbocycles. The van der Waals surface area contributed by atoms with Gasteiger partial charge in [-0.15, -0.1) is 11.6 Å². The predicted octanol–water partition coefficient (Wildman–Crippen LogP) is 4.79. The van der Waals surface area contributed by atoms with Crippen LogP contribution in [0.25, 0.3) is 0 Å². The minimum atomic E-state index is -3.69. The Morgan fingerprint density at radius 2 is 1.67 bits per heavy atom. The van der Waals surface area contributed by atoms with Gasteiger partial charge in [-0.3, -0.25) is 0 Å². The Morgan fingerprint density at radius 1 is 1.10 bits per heavy atom. The molecule has 0 heterocycles. The zero-order chi connectivity index (χ0) is 16.4. The second-order valence-electron chi connectivity index (χ2n) is 5.57. The summed E-state index contributed by atoms with van der Waals surface area (Å²) in [6.07, 6.45) is 0. The van der Waals surface area contributed by atoms with Crippen molar-refractivity contribution in [2.45, 2.75) is 44.5 Å². The van der Waals surface area contributed by atoms with Crippen LogP contribution in [-0.4, -0.2) is 25.3 Å². The van der Waals surface area contributed by atoms with Crippen LogP contribution in [0.1, 0.15) is 33.3 Å². The van der Waals surface area contributed by atoms with Crippen LogP contribution in [0.3, 0.4) is 0 Å². The molecule has 0 saturated heterocycles. The Hall–Kier alpha value is -0.000000000000000111. The van der Waals surface area contributed by atoms with Crippen LogP contribution in [0.2, 0.25) is 10.0 Å². The lowest BCUT2D eigenvalue weighted by Gasteiger charge is -2.28. The van der Waals surface area contributed by atoms with Crippen LogP contribution in [0.4, 0.5) is 0 Å². The molecule has 7 heteroatoms. The normalized spacial score (nSPS) is 12.7. The first-order valence-electron chi connectivity index (χ1n) is 6.67. The highest BCUT2D eigenvalue weighted by molar-refractivity contribution is 7.89. The summed E-state index contributed by atoms with van der Waals surface area (Å²) in [6.45, 7) is 8.05. The van der Waals surface area contributed by atoms with Gasteiger partial charge in [-0.2, -0.15) is 4.31 Å². The first-order chi connectivity index (χ1) is 9.61. The molecule has 0 bridgehead atoms. The van der Waals surface area contributed by atoms with E-state index in [1.807, 2.05) is 27.7 Å². The van der Waals surface area contributed by atoms with Crippen molar-refractivity contribution in [2.75, 3.05) is 6.54 Å². The number of hydrogen-bond donors (Lipinski definition) is 0. The molecule has 1 aromatic carbocycles. The quantitative estimate of drug-likeness (QED) is 0.673. The third-order valence-corrected chi connectivity index (χ3v) is 6.10. The summed E-state index contributed by atoms with van der Waals surface area (Å²) in [6, 6.07) is 2.73. The van der Waals surface area contributed by atoms with E-state index in [1.165, 1.54) is 16.4 Å². The molecule has 0 aliphatic carbocycles. The number of hydrogen-bond acceptors (Lipinski definition) is 2. The molecule has 1 aromatic rings. The van der Waals surface area contributed by atoms with Crippen LogP contribution in [0.15, 0.2) is 17.0 Å². The molecule has 0 aliphatic heterocycles. The van der Waals surface area contributed by atoms with E-state index in [9.17, 15) is 8.42 Å². The van der Waals surface area contributed by atoms with Crippen molar-refractivity contribution in [2.24, 2.45) is 5.92 Å². The standard InChI is InChI=1S/C14H20Cl3NO2S/c1-9(2)8-18(10(3)4)21(19,20)14-5-11(7-15)12(16)6-13(14)17/h5-6,9-10H,7-8H2,1-4H3. The molecule has 0 amide bonds. The first kappa shape index (κ1) is 19.0. The average molecular weight is 373 g/mol. The highest BCUT2D eigenvalue weighted by Gasteiger charge is 2.30. The molecular formula is C14H20Cl3NO2S. The lowest BCUT2D eigenvalue weighted by atomic mass is 10.2. The highest BCUT2D eigenvalue weighted by atomic mass is 35.5. The number of benzene rings is 1. The smallest absolute Gasteiger partial charge is 0.207 e. The van der Waals surface area contributed by atoms with Crippen molar-refractivity contribution >= 4 is 44.8 Å². The summed E-state index contributed by atoms with van der Waals surface area (Å²) < 4.78 is 27.2. The van der Waals surface area contributed by atoms with Gasteiger partial charge >= 0.3 is 0 Å². The molecule has 0 atom stereocenters. The van der Waals surface area contributed by atoms with E-state index >= 15 is 0 Å². The van der Waals surface area contributed by atoms with E-state index in [2.05, 4.69) is 0 Å². The van der Waals surface area contributed by atoms with Crippen molar-refractivity contribution in [1.29, 1.82) is 0 Å². The van der Waals surface area contributed by atoms with E-state index in [-0.39, 0.29) is 27.8 Å². The molecule has 0 aliphatic rings. The summed E-state index contributed by atoms with van der Waals surface area (Å²) in [5.41, 5.74) is 0.551. The summed E-state index contributed by atoms with van der Waals surface area (Å²) in [5.74, 6) is 0.338. The highest BCUT2D eigenvalue weighted by Crippen LogP contribution is 2.32. The van der Waals surface area contributed by atoms with Gasteiger partial charge in [0.2, 0.25) is 10.0 Å². The Bertz CT molecular complexity index is 600. The fourth-order valence-corrected chi connectivity index (χ4v) is 4.87. The lowest BCUT2D eigenvalue weighted by molar-refractivity contribution is 0.319. The van der Waals surface area contributed by atoms with E-state index in [4.69, 9.17) is 34.8 Å². The van der Waals surface area contributed by atoms with Crippen molar-refractivity contribution in [3.05, 3.63) is 27.7 Å². The van der Waals surface area contributed by atoms with Gasteiger partial charge in [-0.1, -0.05) is 37.0 Å². The largest absolute Gasteiger partial charge is 0.244 e. The number of nitrogens with zero attached hydrogens (tertiary/aromatic N) is 1. The molecule has 3 nitrogen and oxygen atoms in total. The maximum Gasteiger partial charge on any atom is 0.244 e. The third kappa shape index (κ3) is 4.49. The van der Waals surface area contributed by atoms with Crippen LogP contribution < -0.4 is 0 Å². The summed E-state index contributed by atoms with van der Waals surface area (Å²) in [4.78, 5) is 0.0542. The van der Waals surface area contributed by atoms with Crippen molar-refractivity contribution in [3.63, 3.8) is 0 Å². The Kier molecular flexibility index (Phi) is 6.81. The number of alkyl halides is 1. The maximum atomic E-state index is 12.9. The average Bonchev–Trinajstić information content (AvgIpc) is 2.35. The molecule has 0 radical (unpaired) electrons. The lowest BCUT2D eigenvalue weighted by Crippen LogP contribution is -2.39. The number of halogens is 3. The van der Waals surface area contributed by atoms with Crippen molar-refractivity contribution in [3.8, 4) is 0 Å². The van der Waals surface area contributed by atoms with Gasteiger partial charge in [0.05, 0.1) is 5.02 Å². The molecule has 0 unspecified atom stereocenters. The Balaban J connectivity index is 3.41. The molecular weight excluding hydrogens is 353 g/mol. The summed E-state index contributed by atoms with van der Waals surface area (Å²) >= 11 is 17.9. The van der Waals surface area contributed by atoms with Gasteiger partial charge in [0.25, 0.3) is 0 Å². The predicted molar refractivity (Wildman–Crippen MR) is 89.9 cm³/mol. The van der Waals surface area contributed by atoms with Crippen LogP contribution >= 0.6 is 34.8 Å². The van der Waals surface area contributed by atoms with Crippen LogP contribution in [0.5, 0.6) is 0 Å². The fraction of sp³-hybridized carbons (Fsp3) is 0.571. The van der Waals surface area contributed by atoms with Gasteiger partial charge in [-0.05, 0) is 37.5 Å². The molecule has 0 N–H and O–H groups in total. The minimum absolute atomic E-state index is 0.0542. The fourth-order valence-electron chi connectivity index (χ4n) is 1.94. The van der Waals surface area contributed by atoms with Gasteiger partial charge in [0.1, 0.15) is 4.90 Å². The molecule has 120 valence electrons. The van der Waals surface area contributed by atoms with Crippen LogP contribution in [0, 0.1) is 5.92 Å². The molecule has 1 rings (SSSR count). The van der Waals surface area contributed by atoms with E-state index < -0.39 is 10.0 Å². The van der Waals surface area contributed by atoms with Gasteiger partial charge < -0.3 is 0 Å². The monoisotopic (exact) mass is 371 g/mol. The molecule has 0 aromatic heterocycles. The third-order valence-electron chi connectivity index (χ3n) is 2.95. The summed E-state index contributed by atoms with van der Waals surface area (Å²) in [7, 11) is -3.69. The molecule has 0 fully saturated rings. The topological polar surface area (TPSA) is 37.4 Å². The zero-order valence-corrected chi connectivity index (χ0v) is 15.6. The van der Waals surface area contributed by atoms with Gasteiger partial charge in [0.15, 0.2) is 0 Å². The van der Waals surface area contributed by atoms with Crippen molar-refractivity contribution in [1.82, 2.24) is 4.31 Å². The second kappa shape index (κ2) is 7.51. The SMILES string of the molecule is CC(C)CN(C(C)C)S(=O)(=O)c1cc(CCl)c(Cl)cc1Cl. The van der Waals surface area contributed by atoms with E-state index in [0.717, 1.165) is 0 Å². The Morgan fingerprint density at radius 3 is 2.10 bits per heavy atom.